The molecule has 6 rings (SSSR count). The van der Waals surface area contributed by atoms with Gasteiger partial charge >= 0.3 is 0 Å². The van der Waals surface area contributed by atoms with Gasteiger partial charge in [-0.15, -0.1) is 39.3 Å². The smallest absolute Gasteiger partial charge is 0.151 e. The number of aliphatic hydroxyl groups excluding tert-OH is 6. The monoisotopic (exact) mass is 1130 g/mol. The van der Waals surface area contributed by atoms with Crippen LogP contribution in [0.1, 0.15) is 212 Å². The van der Waals surface area contributed by atoms with Crippen LogP contribution >= 0.6 is 0 Å². The van der Waals surface area contributed by atoms with Crippen LogP contribution in [0.25, 0.3) is 16.0 Å². The van der Waals surface area contributed by atoms with Gasteiger partial charge in [-0.1, -0.05) is 116 Å². The SMILES string of the molecule is C1CC[N-]CC1.C1CC[N-]CC1.C1CC[N-]CC1.O.OC(O)CCC1CCCC(CCC(O)O)C1.OC(O)CCC1CCCC(CCC(O)O)C1.OC(O)CCC1CCCC(CCC(O)O)C1.[Mn].[Mn].[Mn]. The summed E-state index contributed by atoms with van der Waals surface area (Å²) in [5, 5.41) is 118. The molecule has 3 heterocycles. The molecule has 3 saturated heterocycles. The minimum atomic E-state index is -1.18. The van der Waals surface area contributed by atoms with Crippen molar-refractivity contribution in [3.05, 3.63) is 16.0 Å². The summed E-state index contributed by atoms with van der Waals surface area (Å²) in [5.41, 5.74) is 0. The van der Waals surface area contributed by atoms with Gasteiger partial charge in [0.1, 0.15) is 0 Å². The first kappa shape index (κ1) is 77.4. The number of hydrogen-bond acceptors (Lipinski definition) is 12. The van der Waals surface area contributed by atoms with E-state index in [0.717, 1.165) is 97.1 Å². The van der Waals surface area contributed by atoms with Crippen LogP contribution < -0.4 is 0 Å². The van der Waals surface area contributed by atoms with E-state index in [9.17, 15) is 0 Å². The van der Waals surface area contributed by atoms with E-state index in [2.05, 4.69) is 16.0 Å². The zero-order chi connectivity index (χ0) is 48.6. The summed E-state index contributed by atoms with van der Waals surface area (Å²) in [7, 11) is 0. The van der Waals surface area contributed by atoms with E-state index in [1.807, 2.05) is 0 Å². The molecule has 3 radical (unpaired) electrons. The minimum absolute atomic E-state index is 0. The zero-order valence-corrected chi connectivity index (χ0v) is 46.4. The van der Waals surface area contributed by atoms with Crippen molar-refractivity contribution >= 4 is 0 Å². The van der Waals surface area contributed by atoms with Gasteiger partial charge in [0.2, 0.25) is 0 Å². The Balaban J connectivity index is -0.000000386. The van der Waals surface area contributed by atoms with Crippen molar-refractivity contribution in [2.45, 2.75) is 250 Å². The van der Waals surface area contributed by atoms with Gasteiger partial charge in [0.15, 0.2) is 37.7 Å². The summed E-state index contributed by atoms with van der Waals surface area (Å²) >= 11 is 0. The van der Waals surface area contributed by atoms with Crippen LogP contribution in [0.4, 0.5) is 0 Å². The van der Waals surface area contributed by atoms with E-state index in [0.29, 0.717) is 74.0 Å². The predicted molar refractivity (Wildman–Crippen MR) is 266 cm³/mol. The van der Waals surface area contributed by atoms with E-state index in [1.165, 1.54) is 116 Å². The Morgan fingerprint density at radius 2 is 0.414 bits per heavy atom. The van der Waals surface area contributed by atoms with Gasteiger partial charge in [-0.3, -0.25) is 0 Å². The predicted octanol–water partition coefficient (Wildman–Crippen LogP) is 6.72. The first-order chi connectivity index (χ1) is 31.7. The Morgan fingerprint density at radius 1 is 0.257 bits per heavy atom. The largest absolute Gasteiger partial charge is 0.662 e. The van der Waals surface area contributed by atoms with Crippen molar-refractivity contribution < 1.29 is 118 Å². The van der Waals surface area contributed by atoms with Crippen LogP contribution in [0.2, 0.25) is 0 Å². The molecule has 3 aliphatic heterocycles. The molecule has 3 aliphatic carbocycles. The molecule has 0 aromatic rings. The quantitative estimate of drug-likeness (QED) is 0.0503. The van der Waals surface area contributed by atoms with Gasteiger partial charge in [0, 0.05) is 51.2 Å². The summed E-state index contributed by atoms with van der Waals surface area (Å²) < 4.78 is 0. The maximum absolute atomic E-state index is 8.81. The molecule has 0 aromatic carbocycles. The molecule has 425 valence electrons. The van der Waals surface area contributed by atoms with Crippen molar-refractivity contribution in [3.8, 4) is 0 Å². The molecule has 70 heavy (non-hydrogen) atoms. The molecule has 0 spiro atoms. The normalized spacial score (nSPS) is 24.4. The van der Waals surface area contributed by atoms with Gasteiger partial charge in [0.25, 0.3) is 0 Å². The Labute approximate surface area is 455 Å². The topological polar surface area (TPSA) is 317 Å². The Morgan fingerprint density at radius 3 is 0.514 bits per heavy atom. The molecule has 14 N–H and O–H groups in total. The van der Waals surface area contributed by atoms with E-state index in [1.54, 1.807) is 0 Å². The van der Waals surface area contributed by atoms with Gasteiger partial charge in [-0.25, -0.2) is 0 Å². The minimum Gasteiger partial charge on any atom is -0.662 e. The van der Waals surface area contributed by atoms with E-state index in [4.69, 9.17) is 61.3 Å². The molecule has 6 fully saturated rings. The van der Waals surface area contributed by atoms with Gasteiger partial charge in [-0.05, 0) is 132 Å². The fraction of sp³-hybridized carbons (Fsp3) is 1.00. The molecule has 3 saturated carbocycles. The molecular formula is C51H104Mn3N3O13-3. The van der Waals surface area contributed by atoms with Crippen molar-refractivity contribution in [1.82, 2.24) is 0 Å². The molecule has 0 amide bonds. The molecule has 6 aliphatic rings. The summed E-state index contributed by atoms with van der Waals surface area (Å²) in [6.45, 7) is 6.75. The third kappa shape index (κ3) is 51.0. The Hall–Kier alpha value is 0.918. The van der Waals surface area contributed by atoms with Crippen LogP contribution in [-0.4, -0.2) is 144 Å². The van der Waals surface area contributed by atoms with Crippen molar-refractivity contribution in [1.29, 1.82) is 0 Å². The van der Waals surface area contributed by atoms with Crippen molar-refractivity contribution in [2.75, 3.05) is 39.3 Å². The average molecular weight is 1130 g/mol. The number of nitrogens with zero attached hydrogens (tertiary/aromatic N) is 3. The maximum atomic E-state index is 8.81. The van der Waals surface area contributed by atoms with Gasteiger partial charge in [-0.2, -0.15) is 0 Å². The van der Waals surface area contributed by atoms with Crippen LogP contribution in [-0.2, 0) is 51.2 Å². The Bertz CT molecular complexity index is 827. The van der Waals surface area contributed by atoms with Crippen LogP contribution in [0, 0.1) is 35.5 Å². The van der Waals surface area contributed by atoms with Gasteiger partial charge < -0.3 is 82.7 Å². The number of piperidine rings is 3. The van der Waals surface area contributed by atoms with Crippen LogP contribution in [0.5, 0.6) is 0 Å². The third-order valence-corrected chi connectivity index (χ3v) is 14.1. The number of hydrogen-bond donors (Lipinski definition) is 12. The first-order valence-electron chi connectivity index (χ1n) is 26.8. The van der Waals surface area contributed by atoms with Crippen LogP contribution in [0.3, 0.4) is 0 Å². The molecule has 0 bridgehead atoms. The van der Waals surface area contributed by atoms with Gasteiger partial charge in [0.05, 0.1) is 0 Å². The average Bonchev–Trinajstić information content (AvgIpc) is 3.33. The number of aliphatic hydroxyl groups is 12. The first-order valence-corrected chi connectivity index (χ1v) is 26.8. The fourth-order valence-electron chi connectivity index (χ4n) is 10.3. The van der Waals surface area contributed by atoms with Crippen molar-refractivity contribution in [2.24, 2.45) is 35.5 Å². The molecule has 0 aromatic heterocycles. The van der Waals surface area contributed by atoms with Crippen LogP contribution in [0.15, 0.2) is 0 Å². The second-order valence-electron chi connectivity index (χ2n) is 20.2. The molecular weight excluding hydrogens is 1030 g/mol. The van der Waals surface area contributed by atoms with Crippen molar-refractivity contribution in [3.63, 3.8) is 0 Å². The standard InChI is InChI=1S/3C12H24O4.3C5H10N.3Mn.H2O/c3*13-11(14)6-4-9-2-1-3-10(8-9)5-7-12(15)16;3*1-2-4-6-5-3-1;;;;/h3*9-16H,1-8H2;3*1-5H2;;;;1H2/q;;;3*-1;;;;. The maximum Gasteiger partial charge on any atom is 0.151 e. The second kappa shape index (κ2) is 53.3. The Kier molecular flexibility index (Phi) is 59.0. The third-order valence-electron chi connectivity index (χ3n) is 14.1. The summed E-state index contributed by atoms with van der Waals surface area (Å²) in [4.78, 5) is 0. The number of rotatable bonds is 18. The molecule has 6 unspecified atom stereocenters. The molecule has 19 heteroatoms. The summed E-state index contributed by atoms with van der Waals surface area (Å²) in [6, 6.07) is 0. The molecule has 16 nitrogen and oxygen atoms in total. The summed E-state index contributed by atoms with van der Waals surface area (Å²) in [5.74, 6) is 3.48. The van der Waals surface area contributed by atoms with E-state index < -0.39 is 37.7 Å². The van der Waals surface area contributed by atoms with E-state index in [-0.39, 0.29) is 56.7 Å². The zero-order valence-electron chi connectivity index (χ0n) is 42.8. The molecule has 6 atom stereocenters. The fourth-order valence-corrected chi connectivity index (χ4v) is 10.3. The van der Waals surface area contributed by atoms with E-state index >= 15 is 0 Å². The summed E-state index contributed by atoms with van der Waals surface area (Å²) in [6.07, 6.45) is 27.0. The second-order valence-corrected chi connectivity index (χ2v) is 20.2.